The minimum atomic E-state index is -0.493. The third kappa shape index (κ3) is 2.36. The van der Waals surface area contributed by atoms with Crippen molar-refractivity contribution in [2.24, 2.45) is 0 Å². The van der Waals surface area contributed by atoms with Crippen LogP contribution in [0.5, 0.6) is 0 Å². The van der Waals surface area contributed by atoms with Crippen molar-refractivity contribution in [3.63, 3.8) is 0 Å². The third-order valence-electron chi connectivity index (χ3n) is 3.14. The Hall–Kier alpha value is -2.01. The first-order valence-electron chi connectivity index (χ1n) is 6.25. The monoisotopic (exact) mass is 288 g/mol. The van der Waals surface area contributed by atoms with Gasteiger partial charge in [0.25, 0.3) is 5.91 Å². The SMILES string of the molecule is Nc1cc(F)cc(C(=O)N2CCSc3ccccc32)c1. The van der Waals surface area contributed by atoms with Crippen LogP contribution in [0.25, 0.3) is 0 Å². The van der Waals surface area contributed by atoms with Crippen LogP contribution < -0.4 is 10.6 Å². The van der Waals surface area contributed by atoms with Gasteiger partial charge in [0.05, 0.1) is 5.69 Å². The highest BCUT2D eigenvalue weighted by molar-refractivity contribution is 7.99. The maximum absolute atomic E-state index is 13.4. The Kier molecular flexibility index (Phi) is 3.36. The van der Waals surface area contributed by atoms with E-state index in [2.05, 4.69) is 0 Å². The number of amides is 1. The Bertz CT molecular complexity index is 654. The third-order valence-corrected chi connectivity index (χ3v) is 4.18. The molecule has 102 valence electrons. The molecule has 0 spiro atoms. The number of nitrogens with zero attached hydrogens (tertiary/aromatic N) is 1. The van der Waals surface area contributed by atoms with E-state index in [1.54, 1.807) is 16.7 Å². The molecule has 0 aromatic heterocycles. The smallest absolute Gasteiger partial charge is 0.258 e. The van der Waals surface area contributed by atoms with E-state index in [-0.39, 0.29) is 17.2 Å². The highest BCUT2D eigenvalue weighted by Crippen LogP contribution is 2.35. The van der Waals surface area contributed by atoms with Crippen LogP contribution in [0, 0.1) is 5.82 Å². The first kappa shape index (κ1) is 13.0. The summed E-state index contributed by atoms with van der Waals surface area (Å²) in [6.45, 7) is 0.608. The number of nitrogens with two attached hydrogens (primary N) is 1. The van der Waals surface area contributed by atoms with Crippen LogP contribution in [0.15, 0.2) is 47.4 Å². The first-order valence-corrected chi connectivity index (χ1v) is 7.23. The molecule has 2 aromatic rings. The summed E-state index contributed by atoms with van der Waals surface area (Å²) >= 11 is 1.72. The van der Waals surface area contributed by atoms with Crippen LogP contribution in [0.2, 0.25) is 0 Å². The number of carbonyl (C=O) groups is 1. The van der Waals surface area contributed by atoms with Gasteiger partial charge in [0.2, 0.25) is 0 Å². The second kappa shape index (κ2) is 5.17. The minimum absolute atomic E-state index is 0.219. The summed E-state index contributed by atoms with van der Waals surface area (Å²) in [7, 11) is 0. The first-order chi connectivity index (χ1) is 9.65. The number of anilines is 2. The highest BCUT2D eigenvalue weighted by atomic mass is 32.2. The van der Waals surface area contributed by atoms with Gasteiger partial charge >= 0.3 is 0 Å². The zero-order valence-electron chi connectivity index (χ0n) is 10.7. The predicted octanol–water partition coefficient (Wildman–Crippen LogP) is 3.16. The molecule has 0 fully saturated rings. The van der Waals surface area contributed by atoms with Crippen molar-refractivity contribution in [2.45, 2.75) is 4.90 Å². The van der Waals surface area contributed by atoms with Gasteiger partial charge in [0.1, 0.15) is 5.82 Å². The molecule has 0 aliphatic carbocycles. The van der Waals surface area contributed by atoms with Crippen molar-refractivity contribution in [1.82, 2.24) is 0 Å². The summed E-state index contributed by atoms with van der Waals surface area (Å²) in [5.41, 5.74) is 7.02. The summed E-state index contributed by atoms with van der Waals surface area (Å²) in [5, 5.41) is 0. The number of para-hydroxylation sites is 1. The Morgan fingerprint density at radius 1 is 1.25 bits per heavy atom. The van der Waals surface area contributed by atoms with Crippen molar-refractivity contribution in [3.8, 4) is 0 Å². The van der Waals surface area contributed by atoms with Gasteiger partial charge in [-0.3, -0.25) is 4.79 Å². The van der Waals surface area contributed by atoms with E-state index in [9.17, 15) is 9.18 Å². The van der Waals surface area contributed by atoms with E-state index in [0.717, 1.165) is 16.3 Å². The maximum Gasteiger partial charge on any atom is 0.258 e. The number of thioether (sulfide) groups is 1. The molecule has 0 atom stereocenters. The standard InChI is InChI=1S/C15H13FN2OS/c16-11-7-10(8-12(17)9-11)15(19)18-5-6-20-14-4-2-1-3-13(14)18/h1-4,7-9H,5-6,17H2. The summed E-state index contributed by atoms with van der Waals surface area (Å²) in [6.07, 6.45) is 0. The summed E-state index contributed by atoms with van der Waals surface area (Å²) < 4.78 is 13.4. The van der Waals surface area contributed by atoms with Crippen molar-refractivity contribution in [3.05, 3.63) is 53.8 Å². The van der Waals surface area contributed by atoms with E-state index in [1.165, 1.54) is 18.2 Å². The number of halogens is 1. The maximum atomic E-state index is 13.4. The lowest BCUT2D eigenvalue weighted by molar-refractivity contribution is 0.0987. The molecule has 3 nitrogen and oxygen atoms in total. The van der Waals surface area contributed by atoms with Crippen molar-refractivity contribution >= 4 is 29.0 Å². The number of benzene rings is 2. The van der Waals surface area contributed by atoms with Gasteiger partial charge < -0.3 is 10.6 Å². The van der Waals surface area contributed by atoms with Gasteiger partial charge in [0, 0.05) is 28.4 Å². The summed E-state index contributed by atoms with van der Waals surface area (Å²) in [6, 6.07) is 11.7. The van der Waals surface area contributed by atoms with Gasteiger partial charge in [0.15, 0.2) is 0 Å². The van der Waals surface area contributed by atoms with Crippen molar-refractivity contribution < 1.29 is 9.18 Å². The Labute approximate surface area is 120 Å². The van der Waals surface area contributed by atoms with Crippen LogP contribution in [0.4, 0.5) is 15.8 Å². The van der Waals surface area contributed by atoms with Crippen LogP contribution in [-0.2, 0) is 0 Å². The zero-order valence-corrected chi connectivity index (χ0v) is 11.5. The lowest BCUT2D eigenvalue weighted by Gasteiger charge is -2.29. The molecule has 20 heavy (non-hydrogen) atoms. The fourth-order valence-corrected chi connectivity index (χ4v) is 3.27. The molecule has 0 saturated heterocycles. The minimum Gasteiger partial charge on any atom is -0.399 e. The van der Waals surface area contributed by atoms with E-state index in [1.807, 2.05) is 24.3 Å². The fraction of sp³-hybridized carbons (Fsp3) is 0.133. The Balaban J connectivity index is 1.99. The molecule has 0 saturated carbocycles. The van der Waals surface area contributed by atoms with Crippen molar-refractivity contribution in [1.29, 1.82) is 0 Å². The average Bonchev–Trinajstić information content (AvgIpc) is 2.45. The number of hydrogen-bond donors (Lipinski definition) is 1. The van der Waals surface area contributed by atoms with Gasteiger partial charge in [-0.15, -0.1) is 11.8 Å². The second-order valence-corrected chi connectivity index (χ2v) is 5.68. The van der Waals surface area contributed by atoms with Crippen molar-refractivity contribution in [2.75, 3.05) is 22.9 Å². The lowest BCUT2D eigenvalue weighted by Crippen LogP contribution is -2.35. The number of rotatable bonds is 1. The molecule has 1 heterocycles. The molecule has 3 rings (SSSR count). The molecule has 1 amide bonds. The normalized spacial score (nSPS) is 13.9. The topological polar surface area (TPSA) is 46.3 Å². The molecule has 0 bridgehead atoms. The molecule has 1 aliphatic rings. The van der Waals surface area contributed by atoms with Crippen LogP contribution in [0.3, 0.4) is 0 Å². The molecule has 1 aliphatic heterocycles. The highest BCUT2D eigenvalue weighted by Gasteiger charge is 2.24. The van der Waals surface area contributed by atoms with Crippen LogP contribution in [-0.4, -0.2) is 18.2 Å². The van der Waals surface area contributed by atoms with E-state index in [0.29, 0.717) is 6.54 Å². The number of nitrogen functional groups attached to an aromatic ring is 1. The quantitative estimate of drug-likeness (QED) is 0.820. The molecule has 0 unspecified atom stereocenters. The van der Waals surface area contributed by atoms with Crippen LogP contribution in [0.1, 0.15) is 10.4 Å². The number of hydrogen-bond acceptors (Lipinski definition) is 3. The number of carbonyl (C=O) groups excluding carboxylic acids is 1. The van der Waals surface area contributed by atoms with Gasteiger partial charge in [-0.05, 0) is 30.3 Å². The van der Waals surface area contributed by atoms with Gasteiger partial charge in [-0.1, -0.05) is 12.1 Å². The molecule has 2 N–H and O–H groups in total. The molecule has 0 radical (unpaired) electrons. The molecule has 5 heteroatoms. The molecular weight excluding hydrogens is 275 g/mol. The van der Waals surface area contributed by atoms with Gasteiger partial charge in [-0.25, -0.2) is 4.39 Å². The largest absolute Gasteiger partial charge is 0.399 e. The second-order valence-electron chi connectivity index (χ2n) is 4.55. The Morgan fingerprint density at radius 3 is 2.85 bits per heavy atom. The fourth-order valence-electron chi connectivity index (χ4n) is 2.27. The number of fused-ring (bicyclic) bond motifs is 1. The predicted molar refractivity (Wildman–Crippen MR) is 79.7 cm³/mol. The molecular formula is C15H13FN2OS. The van der Waals surface area contributed by atoms with Crippen LogP contribution >= 0.6 is 11.8 Å². The average molecular weight is 288 g/mol. The van der Waals surface area contributed by atoms with E-state index < -0.39 is 5.82 Å². The summed E-state index contributed by atoms with van der Waals surface area (Å²) in [4.78, 5) is 15.3. The van der Waals surface area contributed by atoms with Gasteiger partial charge in [-0.2, -0.15) is 0 Å². The summed E-state index contributed by atoms with van der Waals surface area (Å²) in [5.74, 6) is 0.116. The Morgan fingerprint density at radius 2 is 2.05 bits per heavy atom. The zero-order chi connectivity index (χ0) is 14.1. The lowest BCUT2D eigenvalue weighted by atomic mass is 10.1. The molecule has 2 aromatic carbocycles. The van der Waals surface area contributed by atoms with E-state index in [4.69, 9.17) is 5.73 Å². The van der Waals surface area contributed by atoms with E-state index >= 15 is 0 Å².